The number of ether oxygens (including phenoxy) is 10. The summed E-state index contributed by atoms with van der Waals surface area (Å²) < 4.78 is 53.8. The van der Waals surface area contributed by atoms with Gasteiger partial charge in [0.05, 0.1) is 123 Å². The Morgan fingerprint density at radius 3 is 1.82 bits per heavy atom. The number of nitro groups is 1. The number of methoxy groups -OCH3 is 1. The van der Waals surface area contributed by atoms with Crippen molar-refractivity contribution >= 4 is 29.6 Å². The van der Waals surface area contributed by atoms with Crippen LogP contribution in [-0.2, 0) is 57.1 Å². The van der Waals surface area contributed by atoms with Gasteiger partial charge in [-0.05, 0) is 24.9 Å². The predicted octanol–water partition coefficient (Wildman–Crippen LogP) is 2.58. The van der Waals surface area contributed by atoms with Crippen LogP contribution in [0.4, 0.5) is 10.5 Å². The van der Waals surface area contributed by atoms with Crippen LogP contribution in [0.3, 0.4) is 0 Å². The Labute approximate surface area is 329 Å². The lowest BCUT2D eigenvalue weighted by atomic mass is 10.1. The monoisotopic (exact) mass is 816 g/mol. The molecule has 1 atom stereocenters. The SMILES string of the molecule is COc1cc(C(C)OC(=O)ON2C(=O)CCC2=O)c([N+](=O)[O-])cc1OCCCC(=O)NCCOCCOCCOCCOCCOCCOCCOCCN=[N+]=[N-]. The van der Waals surface area contributed by atoms with Gasteiger partial charge in [0.25, 0.3) is 17.5 Å². The Kier molecular flexibility index (Phi) is 25.7. The van der Waals surface area contributed by atoms with Crippen LogP contribution in [0, 0.1) is 10.1 Å². The Morgan fingerprint density at radius 1 is 0.825 bits per heavy atom. The normalized spacial score (nSPS) is 12.9. The lowest BCUT2D eigenvalue weighted by Crippen LogP contribution is -2.32. The Morgan fingerprint density at radius 2 is 1.33 bits per heavy atom. The third-order valence-corrected chi connectivity index (χ3v) is 7.40. The van der Waals surface area contributed by atoms with Gasteiger partial charge < -0.3 is 52.7 Å². The molecule has 0 aliphatic carbocycles. The highest BCUT2D eigenvalue weighted by Gasteiger charge is 2.34. The molecule has 1 aliphatic rings. The summed E-state index contributed by atoms with van der Waals surface area (Å²) >= 11 is 0. The quantitative estimate of drug-likeness (QED) is 0.0153. The molecule has 1 N–H and O–H groups in total. The van der Waals surface area contributed by atoms with Crippen molar-refractivity contribution in [2.45, 2.75) is 38.7 Å². The smallest absolute Gasteiger partial charge is 0.493 e. The highest BCUT2D eigenvalue weighted by Crippen LogP contribution is 2.38. The standard InChI is InChI=1S/C34H52N6O17/c1-26(56-34(44)57-39-32(42)5-6-33(39)43)27-24-29(47-2)30(25-28(27)40(45)46)55-9-3-4-31(41)36-7-10-48-12-14-50-16-18-52-20-22-54-23-21-53-19-17-51-15-13-49-11-8-37-38-35/h24-26H,3-23H2,1-2H3,(H,36,41). The van der Waals surface area contributed by atoms with E-state index >= 15 is 0 Å². The van der Waals surface area contributed by atoms with E-state index in [1.54, 1.807) is 0 Å². The molecule has 1 aromatic carbocycles. The average Bonchev–Trinajstić information content (AvgIpc) is 3.51. The molecule has 1 aliphatic heterocycles. The lowest BCUT2D eigenvalue weighted by molar-refractivity contribution is -0.386. The van der Waals surface area contributed by atoms with Crippen LogP contribution >= 0.6 is 0 Å². The molecular formula is C34H52N6O17. The molecule has 0 saturated carbocycles. The molecule has 1 unspecified atom stereocenters. The van der Waals surface area contributed by atoms with Crippen LogP contribution in [0.25, 0.3) is 10.4 Å². The second-order valence-electron chi connectivity index (χ2n) is 11.5. The number of nitrogens with one attached hydrogen (secondary N) is 1. The minimum Gasteiger partial charge on any atom is -0.493 e. The first-order chi connectivity index (χ1) is 27.7. The number of nitro benzene ring substituents is 1. The number of hydrogen-bond donors (Lipinski definition) is 1. The first-order valence-corrected chi connectivity index (χ1v) is 18.2. The van der Waals surface area contributed by atoms with E-state index in [1.165, 1.54) is 20.1 Å². The molecular weight excluding hydrogens is 764 g/mol. The average molecular weight is 817 g/mol. The van der Waals surface area contributed by atoms with Crippen LogP contribution < -0.4 is 14.8 Å². The number of nitrogens with zero attached hydrogens (tertiary/aromatic N) is 5. The lowest BCUT2D eigenvalue weighted by Gasteiger charge is -2.18. The minimum atomic E-state index is -1.39. The molecule has 0 bridgehead atoms. The summed E-state index contributed by atoms with van der Waals surface area (Å²) in [4.78, 5) is 66.2. The van der Waals surface area contributed by atoms with Gasteiger partial charge in [-0.25, -0.2) is 4.79 Å². The number of azide groups is 1. The summed E-state index contributed by atoms with van der Waals surface area (Å²) in [5.74, 6) is -1.52. The van der Waals surface area contributed by atoms with Gasteiger partial charge in [0.15, 0.2) is 11.5 Å². The molecule has 1 saturated heterocycles. The van der Waals surface area contributed by atoms with E-state index < -0.39 is 34.7 Å². The van der Waals surface area contributed by atoms with Crippen molar-refractivity contribution < 1.29 is 76.3 Å². The fraction of sp³-hybridized carbons (Fsp3) is 0.706. The highest BCUT2D eigenvalue weighted by molar-refractivity contribution is 6.01. The third kappa shape index (κ3) is 21.3. The van der Waals surface area contributed by atoms with Crippen molar-refractivity contribution in [2.75, 3.05) is 119 Å². The van der Waals surface area contributed by atoms with E-state index in [2.05, 4.69) is 20.2 Å². The van der Waals surface area contributed by atoms with E-state index in [1.807, 2.05) is 0 Å². The third-order valence-electron chi connectivity index (χ3n) is 7.40. The maximum absolute atomic E-state index is 12.2. The first kappa shape index (κ1) is 48.3. The molecule has 1 aromatic rings. The molecule has 0 aromatic heterocycles. The summed E-state index contributed by atoms with van der Waals surface area (Å²) in [6, 6.07) is 2.37. The van der Waals surface area contributed by atoms with Crippen molar-refractivity contribution in [3.8, 4) is 11.5 Å². The van der Waals surface area contributed by atoms with Crippen LogP contribution in [0.1, 0.15) is 44.3 Å². The van der Waals surface area contributed by atoms with Crippen molar-refractivity contribution in [2.24, 2.45) is 5.11 Å². The number of hydroxylamine groups is 2. The first-order valence-electron chi connectivity index (χ1n) is 18.2. The van der Waals surface area contributed by atoms with E-state index in [0.717, 1.165) is 6.07 Å². The fourth-order valence-electron chi connectivity index (χ4n) is 4.62. The number of hydrogen-bond acceptors (Lipinski definition) is 18. The van der Waals surface area contributed by atoms with Gasteiger partial charge in [-0.2, -0.15) is 0 Å². The highest BCUT2D eigenvalue weighted by atomic mass is 16.8. The van der Waals surface area contributed by atoms with E-state index in [0.29, 0.717) is 110 Å². The maximum atomic E-state index is 12.2. The summed E-state index contributed by atoms with van der Waals surface area (Å²) in [6.07, 6.45) is -2.43. The van der Waals surface area contributed by atoms with Crippen molar-refractivity contribution in [3.63, 3.8) is 0 Å². The Hall–Kier alpha value is -4.87. The molecule has 0 radical (unpaired) electrons. The molecule has 2 rings (SSSR count). The van der Waals surface area contributed by atoms with Gasteiger partial charge >= 0.3 is 6.16 Å². The molecule has 0 spiro atoms. The van der Waals surface area contributed by atoms with Gasteiger partial charge in [0.1, 0.15) is 6.10 Å². The van der Waals surface area contributed by atoms with Gasteiger partial charge in [0, 0.05) is 37.3 Å². The zero-order chi connectivity index (χ0) is 41.5. The van der Waals surface area contributed by atoms with Crippen molar-refractivity contribution in [3.05, 3.63) is 38.3 Å². The topological polar surface area (TPSA) is 277 Å². The number of rotatable bonds is 34. The maximum Gasteiger partial charge on any atom is 0.534 e. The fourth-order valence-corrected chi connectivity index (χ4v) is 4.62. The molecule has 1 heterocycles. The van der Waals surface area contributed by atoms with E-state index in [-0.39, 0.29) is 55.4 Å². The van der Waals surface area contributed by atoms with Crippen LogP contribution in [0.5, 0.6) is 11.5 Å². The number of amides is 3. The van der Waals surface area contributed by atoms with Gasteiger partial charge in [-0.1, -0.05) is 10.2 Å². The molecule has 1 fully saturated rings. The predicted molar refractivity (Wildman–Crippen MR) is 194 cm³/mol. The zero-order valence-corrected chi connectivity index (χ0v) is 32.3. The number of carbonyl (C=O) groups excluding carboxylic acids is 4. The summed E-state index contributed by atoms with van der Waals surface area (Å²) in [6.45, 7) is 7.60. The second-order valence-corrected chi connectivity index (χ2v) is 11.5. The number of carbonyl (C=O) groups is 4. The summed E-state index contributed by atoms with van der Waals surface area (Å²) in [5.41, 5.74) is 7.65. The summed E-state index contributed by atoms with van der Waals surface area (Å²) in [5, 5.41) is 18.2. The van der Waals surface area contributed by atoms with E-state index in [4.69, 9.17) is 52.9 Å². The van der Waals surface area contributed by atoms with Gasteiger partial charge in [0.2, 0.25) is 5.91 Å². The molecule has 320 valence electrons. The second kappa shape index (κ2) is 30.3. The van der Waals surface area contributed by atoms with Gasteiger partial charge in [-0.15, -0.1) is 0 Å². The largest absolute Gasteiger partial charge is 0.534 e. The molecule has 3 amide bonds. The van der Waals surface area contributed by atoms with E-state index in [9.17, 15) is 29.3 Å². The van der Waals surface area contributed by atoms with Gasteiger partial charge in [-0.3, -0.25) is 29.3 Å². The van der Waals surface area contributed by atoms with Crippen LogP contribution in [0.15, 0.2) is 17.2 Å². The van der Waals surface area contributed by atoms with Crippen LogP contribution in [-0.4, -0.2) is 153 Å². The van der Waals surface area contributed by atoms with Crippen molar-refractivity contribution in [1.82, 2.24) is 10.4 Å². The van der Waals surface area contributed by atoms with Crippen LogP contribution in [0.2, 0.25) is 0 Å². The number of benzene rings is 1. The molecule has 57 heavy (non-hydrogen) atoms. The summed E-state index contributed by atoms with van der Waals surface area (Å²) in [7, 11) is 1.32. The molecule has 23 nitrogen and oxygen atoms in total. The Bertz CT molecular complexity index is 1410. The zero-order valence-electron chi connectivity index (χ0n) is 32.3. The number of imide groups is 1. The minimum absolute atomic E-state index is 0.0323. The van der Waals surface area contributed by atoms with Crippen molar-refractivity contribution in [1.29, 1.82) is 0 Å². The Balaban J connectivity index is 1.46. The molecule has 23 heteroatoms.